The van der Waals surface area contributed by atoms with Crippen LogP contribution in [-0.4, -0.2) is 43.2 Å². The molecule has 3 rings (SSSR count). The summed E-state index contributed by atoms with van der Waals surface area (Å²) in [6.45, 7) is 6.28. The van der Waals surface area contributed by atoms with E-state index in [4.69, 9.17) is 0 Å². The molecule has 1 aliphatic heterocycles. The van der Waals surface area contributed by atoms with E-state index in [-0.39, 0.29) is 0 Å². The molecule has 0 unspecified atom stereocenters. The van der Waals surface area contributed by atoms with E-state index in [1.807, 2.05) is 0 Å². The lowest BCUT2D eigenvalue weighted by Gasteiger charge is -2.22. The summed E-state index contributed by atoms with van der Waals surface area (Å²) in [5, 5.41) is 3.42. The molecule has 0 saturated heterocycles. The molecule has 0 aromatic heterocycles. The summed E-state index contributed by atoms with van der Waals surface area (Å²) < 4.78 is 0. The number of nitrogens with one attached hydrogen (secondary N) is 1. The van der Waals surface area contributed by atoms with Gasteiger partial charge in [0.05, 0.1) is 18.1 Å². The topological polar surface area (TPSA) is 18.5 Å². The maximum absolute atomic E-state index is 3.42. The third-order valence-electron chi connectivity index (χ3n) is 4.43. The van der Waals surface area contributed by atoms with Crippen LogP contribution >= 0.6 is 0 Å². The van der Waals surface area contributed by atoms with Gasteiger partial charge >= 0.3 is 0 Å². The van der Waals surface area contributed by atoms with Crippen LogP contribution in [0.15, 0.2) is 60.7 Å². The van der Waals surface area contributed by atoms with Gasteiger partial charge in [-0.25, -0.2) is 0 Å². The molecule has 0 radical (unpaired) electrons. The Balaban J connectivity index is 1.95. The number of hydrogen-bond donors (Lipinski definition) is 1. The van der Waals surface area contributed by atoms with Gasteiger partial charge in [-0.15, -0.1) is 0 Å². The van der Waals surface area contributed by atoms with Crippen molar-refractivity contribution in [2.45, 2.75) is 13.3 Å². The van der Waals surface area contributed by atoms with Crippen molar-refractivity contribution in [3.8, 4) is 0 Å². The first-order valence-corrected chi connectivity index (χ1v) is 8.83. The molecular weight excluding hydrogens is 294 g/mol. The van der Waals surface area contributed by atoms with Gasteiger partial charge in [0.2, 0.25) is 0 Å². The van der Waals surface area contributed by atoms with Crippen molar-refractivity contribution in [1.82, 2.24) is 15.1 Å². The first kappa shape index (κ1) is 16.6. The average molecular weight is 321 g/mol. The predicted octanol–water partition coefficient (Wildman–Crippen LogP) is 3.72. The molecule has 1 heterocycles. The molecule has 2 aromatic rings. The fraction of sp³-hybridized carbons (Fsp3) is 0.333. The zero-order valence-electron chi connectivity index (χ0n) is 14.7. The third-order valence-corrected chi connectivity index (χ3v) is 4.43. The monoisotopic (exact) mass is 321 g/mol. The van der Waals surface area contributed by atoms with Crippen LogP contribution in [0, 0.1) is 0 Å². The van der Waals surface area contributed by atoms with E-state index in [2.05, 4.69) is 89.8 Å². The van der Waals surface area contributed by atoms with Crippen LogP contribution in [0.3, 0.4) is 0 Å². The summed E-state index contributed by atoms with van der Waals surface area (Å²) in [5.41, 5.74) is 5.25. The second-order valence-electron chi connectivity index (χ2n) is 6.24. The first-order valence-electron chi connectivity index (χ1n) is 8.83. The van der Waals surface area contributed by atoms with Gasteiger partial charge in [0.15, 0.2) is 0 Å². The summed E-state index contributed by atoms with van der Waals surface area (Å²) in [6.07, 6.45) is 1.15. The van der Waals surface area contributed by atoms with Crippen LogP contribution in [0.5, 0.6) is 0 Å². The van der Waals surface area contributed by atoms with Crippen LogP contribution in [0.1, 0.15) is 24.5 Å². The van der Waals surface area contributed by atoms with E-state index >= 15 is 0 Å². The number of benzene rings is 2. The van der Waals surface area contributed by atoms with Crippen LogP contribution in [0.4, 0.5) is 0 Å². The van der Waals surface area contributed by atoms with Crippen LogP contribution in [-0.2, 0) is 0 Å². The summed E-state index contributed by atoms with van der Waals surface area (Å²) in [6, 6.07) is 21.5. The minimum atomic E-state index is 0.945. The molecule has 0 amide bonds. The zero-order valence-corrected chi connectivity index (χ0v) is 14.7. The molecule has 0 aliphatic carbocycles. The van der Waals surface area contributed by atoms with Crippen LogP contribution in [0.25, 0.3) is 11.4 Å². The zero-order chi connectivity index (χ0) is 16.8. The Bertz CT molecular complexity index is 664. The van der Waals surface area contributed by atoms with Gasteiger partial charge in [0.25, 0.3) is 0 Å². The van der Waals surface area contributed by atoms with E-state index in [1.54, 1.807) is 0 Å². The summed E-state index contributed by atoms with van der Waals surface area (Å²) in [5.74, 6) is 0. The number of nitrogens with zero attached hydrogens (tertiary/aromatic N) is 2. The maximum atomic E-state index is 3.42. The van der Waals surface area contributed by atoms with Gasteiger partial charge in [0, 0.05) is 13.6 Å². The minimum Gasteiger partial charge on any atom is -0.355 e. The SMILES string of the molecule is CCNCCCN1CN(C)C(c2ccccc2)=C1c1ccccc1. The van der Waals surface area contributed by atoms with E-state index < -0.39 is 0 Å². The van der Waals surface area contributed by atoms with Crippen molar-refractivity contribution in [3.63, 3.8) is 0 Å². The van der Waals surface area contributed by atoms with E-state index in [9.17, 15) is 0 Å². The van der Waals surface area contributed by atoms with E-state index in [1.165, 1.54) is 22.5 Å². The lowest BCUT2D eigenvalue weighted by atomic mass is 10.0. The molecule has 1 N–H and O–H groups in total. The molecule has 0 atom stereocenters. The molecule has 0 spiro atoms. The largest absolute Gasteiger partial charge is 0.355 e. The summed E-state index contributed by atoms with van der Waals surface area (Å²) in [4.78, 5) is 4.87. The Morgan fingerprint density at radius 1 is 0.875 bits per heavy atom. The van der Waals surface area contributed by atoms with Crippen molar-refractivity contribution in [1.29, 1.82) is 0 Å². The highest BCUT2D eigenvalue weighted by Crippen LogP contribution is 2.36. The van der Waals surface area contributed by atoms with Gasteiger partial charge in [0.1, 0.15) is 0 Å². The van der Waals surface area contributed by atoms with Crippen molar-refractivity contribution in [3.05, 3.63) is 71.8 Å². The number of rotatable bonds is 7. The molecule has 0 saturated carbocycles. The molecule has 1 aliphatic rings. The highest BCUT2D eigenvalue weighted by molar-refractivity contribution is 5.90. The Kier molecular flexibility index (Phi) is 5.55. The Morgan fingerprint density at radius 2 is 1.46 bits per heavy atom. The normalized spacial score (nSPS) is 14.6. The first-order chi connectivity index (χ1) is 11.8. The standard InChI is InChI=1S/C21H27N3/c1-3-22-15-10-16-24-17-23(2)20(18-11-6-4-7-12-18)21(24)19-13-8-5-9-14-19/h4-9,11-14,22H,3,10,15-17H2,1-2H3. The highest BCUT2D eigenvalue weighted by atomic mass is 15.4. The molecule has 24 heavy (non-hydrogen) atoms. The van der Waals surface area contributed by atoms with Crippen molar-refractivity contribution in [2.75, 3.05) is 33.4 Å². The molecular formula is C21H27N3. The van der Waals surface area contributed by atoms with Gasteiger partial charge < -0.3 is 15.1 Å². The van der Waals surface area contributed by atoms with Gasteiger partial charge in [-0.3, -0.25) is 0 Å². The van der Waals surface area contributed by atoms with Crippen molar-refractivity contribution >= 4 is 11.4 Å². The minimum absolute atomic E-state index is 0.945. The quantitative estimate of drug-likeness (QED) is 0.784. The number of hydrogen-bond acceptors (Lipinski definition) is 3. The molecule has 3 heteroatoms. The average Bonchev–Trinajstić information content (AvgIpc) is 2.96. The lowest BCUT2D eigenvalue weighted by Crippen LogP contribution is -2.28. The third kappa shape index (κ3) is 3.62. The molecule has 0 fully saturated rings. The second kappa shape index (κ2) is 8.02. The molecule has 126 valence electrons. The fourth-order valence-corrected chi connectivity index (χ4v) is 3.35. The lowest BCUT2D eigenvalue weighted by molar-refractivity contribution is 0.307. The Hall–Kier alpha value is -2.26. The highest BCUT2D eigenvalue weighted by Gasteiger charge is 2.28. The smallest absolute Gasteiger partial charge is 0.0901 e. The maximum Gasteiger partial charge on any atom is 0.0901 e. The van der Waals surface area contributed by atoms with Crippen molar-refractivity contribution in [2.24, 2.45) is 0 Å². The summed E-state index contributed by atoms with van der Waals surface area (Å²) >= 11 is 0. The van der Waals surface area contributed by atoms with E-state index in [0.717, 1.165) is 32.7 Å². The van der Waals surface area contributed by atoms with E-state index in [0.29, 0.717) is 0 Å². The Labute approximate surface area is 145 Å². The Morgan fingerprint density at radius 3 is 2.04 bits per heavy atom. The van der Waals surface area contributed by atoms with Gasteiger partial charge in [-0.1, -0.05) is 67.6 Å². The molecule has 3 nitrogen and oxygen atoms in total. The summed E-state index contributed by atoms with van der Waals surface area (Å²) in [7, 11) is 2.19. The second-order valence-corrected chi connectivity index (χ2v) is 6.24. The predicted molar refractivity (Wildman–Crippen MR) is 102 cm³/mol. The van der Waals surface area contributed by atoms with Gasteiger partial charge in [-0.2, -0.15) is 0 Å². The fourth-order valence-electron chi connectivity index (χ4n) is 3.35. The van der Waals surface area contributed by atoms with Crippen molar-refractivity contribution < 1.29 is 0 Å². The molecule has 0 bridgehead atoms. The molecule has 2 aromatic carbocycles. The van der Waals surface area contributed by atoms with Gasteiger partial charge in [-0.05, 0) is 30.6 Å². The van der Waals surface area contributed by atoms with Crippen LogP contribution < -0.4 is 5.32 Å². The van der Waals surface area contributed by atoms with Crippen LogP contribution in [0.2, 0.25) is 0 Å².